The summed E-state index contributed by atoms with van der Waals surface area (Å²) in [6, 6.07) is 15.1. The number of benzene rings is 2. The number of carbonyl (C=O) groups excluding carboxylic acids is 2. The number of nitrogens with two attached hydrogens (primary N) is 1. The van der Waals surface area contributed by atoms with Crippen molar-refractivity contribution < 1.29 is 14.0 Å². The average molecular weight is 371 g/mol. The number of amides is 2. The Morgan fingerprint density at radius 2 is 1.96 bits per heavy atom. The van der Waals surface area contributed by atoms with E-state index in [1.807, 2.05) is 36.4 Å². The lowest BCUT2D eigenvalue weighted by Gasteiger charge is -2.18. The molecule has 2 aromatic carbocycles. The molecule has 0 fully saturated rings. The smallest absolute Gasteiger partial charge is 0.249 e. The zero-order valence-electron chi connectivity index (χ0n) is 13.9. The van der Waals surface area contributed by atoms with Gasteiger partial charge in [-0.1, -0.05) is 30.3 Å². The summed E-state index contributed by atoms with van der Waals surface area (Å²) in [6.45, 7) is -0.167. The van der Waals surface area contributed by atoms with Crippen LogP contribution in [-0.4, -0.2) is 24.1 Å². The number of nitrogens with zero attached hydrogens (tertiary/aromatic N) is 1. The largest absolute Gasteiger partial charge is 0.366 e. The maximum atomic E-state index is 13.7. The standard InChI is InChI=1S/C19H18FN3O2S/c20-14-6-7-15(18(22)24)16(10-14)17(19(25)23-9-8-21)12-26-11-13-4-2-1-3-5-13/h1-7,10,17H,9,11-12H2,(H2,22,24)(H,23,25). The molecule has 0 heterocycles. The van der Waals surface area contributed by atoms with Gasteiger partial charge in [0, 0.05) is 17.1 Å². The third-order valence-corrected chi connectivity index (χ3v) is 4.82. The Labute approximate surface area is 155 Å². The number of primary amides is 1. The zero-order valence-corrected chi connectivity index (χ0v) is 14.8. The summed E-state index contributed by atoms with van der Waals surface area (Å²) in [6.07, 6.45) is 0. The monoisotopic (exact) mass is 371 g/mol. The van der Waals surface area contributed by atoms with Crippen molar-refractivity contribution in [1.82, 2.24) is 5.32 Å². The molecule has 134 valence electrons. The van der Waals surface area contributed by atoms with Crippen molar-refractivity contribution in [3.05, 3.63) is 71.0 Å². The third kappa shape index (κ3) is 5.33. The van der Waals surface area contributed by atoms with E-state index in [0.29, 0.717) is 11.5 Å². The van der Waals surface area contributed by atoms with E-state index < -0.39 is 23.5 Å². The Balaban J connectivity index is 2.24. The maximum Gasteiger partial charge on any atom is 0.249 e. The fraction of sp³-hybridized carbons (Fsp3) is 0.211. The van der Waals surface area contributed by atoms with E-state index in [1.54, 1.807) is 0 Å². The minimum Gasteiger partial charge on any atom is -0.366 e. The molecule has 0 spiro atoms. The van der Waals surface area contributed by atoms with Gasteiger partial charge in [0.25, 0.3) is 0 Å². The van der Waals surface area contributed by atoms with Gasteiger partial charge in [0.1, 0.15) is 12.4 Å². The Morgan fingerprint density at radius 3 is 2.62 bits per heavy atom. The van der Waals surface area contributed by atoms with Gasteiger partial charge in [-0.3, -0.25) is 9.59 Å². The molecule has 0 radical (unpaired) electrons. The number of hydrogen-bond acceptors (Lipinski definition) is 4. The van der Waals surface area contributed by atoms with Gasteiger partial charge in [-0.25, -0.2) is 4.39 Å². The van der Waals surface area contributed by atoms with Crippen LogP contribution in [0.2, 0.25) is 0 Å². The Kier molecular flexibility index (Phi) is 7.18. The molecule has 0 aliphatic carbocycles. The van der Waals surface area contributed by atoms with Crippen LogP contribution < -0.4 is 11.1 Å². The van der Waals surface area contributed by atoms with Crippen molar-refractivity contribution in [2.24, 2.45) is 5.73 Å². The first-order valence-corrected chi connectivity index (χ1v) is 9.04. The number of thioether (sulfide) groups is 1. The molecule has 1 atom stereocenters. The van der Waals surface area contributed by atoms with Crippen LogP contribution in [0.3, 0.4) is 0 Å². The van der Waals surface area contributed by atoms with Crippen LogP contribution in [0.5, 0.6) is 0 Å². The number of hydrogen-bond donors (Lipinski definition) is 2. The second-order valence-electron chi connectivity index (χ2n) is 5.53. The molecule has 1 unspecified atom stereocenters. The van der Waals surface area contributed by atoms with Crippen molar-refractivity contribution in [2.45, 2.75) is 11.7 Å². The van der Waals surface area contributed by atoms with Crippen LogP contribution in [0.4, 0.5) is 4.39 Å². The van der Waals surface area contributed by atoms with Gasteiger partial charge >= 0.3 is 0 Å². The summed E-state index contributed by atoms with van der Waals surface area (Å²) in [5.41, 5.74) is 6.79. The van der Waals surface area contributed by atoms with E-state index in [0.717, 1.165) is 17.7 Å². The molecule has 2 rings (SSSR count). The molecule has 26 heavy (non-hydrogen) atoms. The summed E-state index contributed by atoms with van der Waals surface area (Å²) >= 11 is 1.48. The zero-order chi connectivity index (χ0) is 18.9. The third-order valence-electron chi connectivity index (χ3n) is 3.71. The molecule has 0 saturated carbocycles. The maximum absolute atomic E-state index is 13.7. The summed E-state index contributed by atoms with van der Waals surface area (Å²) in [5, 5.41) is 11.2. The fourth-order valence-corrected chi connectivity index (χ4v) is 3.58. The fourth-order valence-electron chi connectivity index (χ4n) is 2.47. The van der Waals surface area contributed by atoms with Crippen LogP contribution in [0.1, 0.15) is 27.4 Å². The Bertz CT molecular complexity index is 821. The van der Waals surface area contributed by atoms with E-state index in [-0.39, 0.29) is 17.7 Å². The first-order chi connectivity index (χ1) is 12.5. The highest BCUT2D eigenvalue weighted by molar-refractivity contribution is 7.98. The average Bonchev–Trinajstić information content (AvgIpc) is 2.63. The predicted octanol–water partition coefficient (Wildman–Crippen LogP) is 2.58. The van der Waals surface area contributed by atoms with Gasteiger partial charge in [-0.2, -0.15) is 17.0 Å². The van der Waals surface area contributed by atoms with Crippen molar-refractivity contribution in [3.8, 4) is 6.07 Å². The van der Waals surface area contributed by atoms with E-state index in [1.165, 1.54) is 17.8 Å². The Morgan fingerprint density at radius 1 is 1.23 bits per heavy atom. The molecular weight excluding hydrogens is 353 g/mol. The number of rotatable bonds is 8. The van der Waals surface area contributed by atoms with Gasteiger partial charge in [0.05, 0.1) is 12.0 Å². The summed E-state index contributed by atoms with van der Waals surface area (Å²) in [7, 11) is 0. The molecule has 0 aromatic heterocycles. The van der Waals surface area contributed by atoms with Crippen molar-refractivity contribution >= 4 is 23.6 Å². The predicted molar refractivity (Wildman–Crippen MR) is 98.9 cm³/mol. The summed E-state index contributed by atoms with van der Waals surface area (Å²) in [5.74, 6) is -1.56. The summed E-state index contributed by atoms with van der Waals surface area (Å²) < 4.78 is 13.7. The van der Waals surface area contributed by atoms with E-state index in [4.69, 9.17) is 11.0 Å². The SMILES string of the molecule is N#CCNC(=O)C(CSCc1ccccc1)c1cc(F)ccc1C(N)=O. The van der Waals surface area contributed by atoms with Crippen molar-refractivity contribution in [1.29, 1.82) is 5.26 Å². The molecule has 3 N–H and O–H groups in total. The molecule has 0 aliphatic rings. The van der Waals surface area contributed by atoms with Crippen molar-refractivity contribution in [2.75, 3.05) is 12.3 Å². The molecule has 0 aliphatic heterocycles. The first kappa shape index (κ1) is 19.5. The molecule has 2 amide bonds. The lowest BCUT2D eigenvalue weighted by atomic mass is 9.94. The highest BCUT2D eigenvalue weighted by atomic mass is 32.2. The van der Waals surface area contributed by atoms with E-state index in [2.05, 4.69) is 5.32 Å². The molecule has 2 aromatic rings. The lowest BCUT2D eigenvalue weighted by Crippen LogP contribution is -2.32. The second-order valence-corrected chi connectivity index (χ2v) is 6.56. The number of carbonyl (C=O) groups is 2. The highest BCUT2D eigenvalue weighted by Gasteiger charge is 2.25. The lowest BCUT2D eigenvalue weighted by molar-refractivity contribution is -0.121. The van der Waals surface area contributed by atoms with E-state index >= 15 is 0 Å². The van der Waals surface area contributed by atoms with E-state index in [9.17, 15) is 14.0 Å². The van der Waals surface area contributed by atoms with Crippen LogP contribution in [0.15, 0.2) is 48.5 Å². The van der Waals surface area contributed by atoms with Gasteiger partial charge in [0.2, 0.25) is 11.8 Å². The minimum absolute atomic E-state index is 0.101. The van der Waals surface area contributed by atoms with Crippen molar-refractivity contribution in [3.63, 3.8) is 0 Å². The number of nitriles is 1. The van der Waals surface area contributed by atoms with Gasteiger partial charge in [-0.15, -0.1) is 0 Å². The second kappa shape index (κ2) is 9.59. The number of nitrogens with one attached hydrogen (secondary N) is 1. The highest BCUT2D eigenvalue weighted by Crippen LogP contribution is 2.27. The number of halogens is 1. The molecule has 0 bridgehead atoms. The molecule has 5 nitrogen and oxygen atoms in total. The summed E-state index contributed by atoms with van der Waals surface area (Å²) in [4.78, 5) is 24.2. The van der Waals surface area contributed by atoms with Gasteiger partial charge in [-0.05, 0) is 29.3 Å². The van der Waals surface area contributed by atoms with Gasteiger partial charge in [0.15, 0.2) is 0 Å². The normalized spacial score (nSPS) is 11.4. The first-order valence-electron chi connectivity index (χ1n) is 7.88. The van der Waals surface area contributed by atoms with Crippen LogP contribution in [0.25, 0.3) is 0 Å². The molecule has 7 heteroatoms. The van der Waals surface area contributed by atoms with Crippen LogP contribution >= 0.6 is 11.8 Å². The molecule has 0 saturated heterocycles. The Hall–Kier alpha value is -2.85. The molecular formula is C19H18FN3O2S. The van der Waals surface area contributed by atoms with Crippen LogP contribution in [-0.2, 0) is 10.5 Å². The van der Waals surface area contributed by atoms with Crippen LogP contribution in [0, 0.1) is 17.1 Å². The topological polar surface area (TPSA) is 96.0 Å². The van der Waals surface area contributed by atoms with Gasteiger partial charge < -0.3 is 11.1 Å². The minimum atomic E-state index is -0.796. The quantitative estimate of drug-likeness (QED) is 0.697.